The van der Waals surface area contributed by atoms with Crippen molar-refractivity contribution < 1.29 is 28.9 Å². The summed E-state index contributed by atoms with van der Waals surface area (Å²) < 4.78 is 19.9. The Kier molecular flexibility index (Phi) is 8.20. The molecule has 1 fully saturated rings. The monoisotopic (exact) mass is 626 g/mol. The highest BCUT2D eigenvalue weighted by Gasteiger charge is 2.49. The lowest BCUT2D eigenvalue weighted by Crippen LogP contribution is -2.29. The van der Waals surface area contributed by atoms with E-state index in [0.29, 0.717) is 69.6 Å². The maximum Gasteiger partial charge on any atom is 0.301 e. The first-order chi connectivity index (χ1) is 21.7. The molecule has 3 aromatic heterocycles. The van der Waals surface area contributed by atoms with Crippen molar-refractivity contribution in [1.82, 2.24) is 14.4 Å². The van der Waals surface area contributed by atoms with E-state index in [4.69, 9.17) is 19.2 Å². The summed E-state index contributed by atoms with van der Waals surface area (Å²) in [5.41, 5.74) is 2.58. The van der Waals surface area contributed by atoms with E-state index in [-0.39, 0.29) is 11.3 Å². The number of aliphatic hydroxyl groups is 1. The minimum atomic E-state index is -1.01. The average molecular weight is 627 g/mol. The number of pyridine rings is 1. The maximum absolute atomic E-state index is 13.9. The molecule has 1 atom stereocenters. The van der Waals surface area contributed by atoms with Gasteiger partial charge in [-0.1, -0.05) is 37.3 Å². The molecule has 1 unspecified atom stereocenters. The molecule has 45 heavy (non-hydrogen) atoms. The predicted molar refractivity (Wildman–Crippen MR) is 173 cm³/mol. The summed E-state index contributed by atoms with van der Waals surface area (Å²) in [4.78, 5) is 38.4. The van der Waals surface area contributed by atoms with E-state index in [9.17, 15) is 14.7 Å². The number of methoxy groups -OCH3 is 1. The highest BCUT2D eigenvalue weighted by atomic mass is 32.1. The lowest BCUT2D eigenvalue weighted by Gasteiger charge is -2.24. The lowest BCUT2D eigenvalue weighted by molar-refractivity contribution is -0.132. The van der Waals surface area contributed by atoms with Crippen LogP contribution in [-0.4, -0.2) is 51.5 Å². The summed E-state index contributed by atoms with van der Waals surface area (Å²) in [6, 6.07) is 15.2. The molecule has 10 nitrogen and oxygen atoms in total. The third-order valence-corrected chi connectivity index (χ3v) is 8.71. The number of aryl methyl sites for hydroxylation is 1. The molecule has 6 rings (SSSR count). The van der Waals surface area contributed by atoms with Gasteiger partial charge in [-0.3, -0.25) is 18.9 Å². The van der Waals surface area contributed by atoms with Crippen LogP contribution < -0.4 is 19.1 Å². The molecule has 0 bridgehead atoms. The molecule has 2 aromatic carbocycles. The fraction of sp³-hybridized carbons (Fsp3) is 0.294. The Morgan fingerprint density at radius 3 is 2.62 bits per heavy atom. The molecule has 1 aliphatic heterocycles. The molecule has 1 amide bonds. The first kappa shape index (κ1) is 30.1. The van der Waals surface area contributed by atoms with Gasteiger partial charge in [-0.05, 0) is 74.2 Å². The number of thiazole rings is 1. The predicted octanol–water partition coefficient (Wildman–Crippen LogP) is 6.71. The largest absolute Gasteiger partial charge is 0.505 e. The highest BCUT2D eigenvalue weighted by Crippen LogP contribution is 2.46. The zero-order valence-corrected chi connectivity index (χ0v) is 26.6. The topological polar surface area (TPSA) is 115 Å². The van der Waals surface area contributed by atoms with Crippen LogP contribution in [-0.2, 0) is 9.59 Å². The number of aromatic nitrogens is 3. The Morgan fingerprint density at radius 1 is 1.04 bits per heavy atom. The molecule has 232 valence electrons. The number of amides is 1. The van der Waals surface area contributed by atoms with E-state index in [1.165, 1.54) is 23.3 Å². The number of imidazole rings is 1. The van der Waals surface area contributed by atoms with E-state index < -0.39 is 17.7 Å². The molecule has 4 heterocycles. The van der Waals surface area contributed by atoms with Crippen molar-refractivity contribution in [2.75, 3.05) is 25.2 Å². The lowest BCUT2D eigenvalue weighted by atomic mass is 9.96. The highest BCUT2D eigenvalue weighted by molar-refractivity contribution is 7.22. The Morgan fingerprint density at radius 2 is 1.87 bits per heavy atom. The molecular weight excluding hydrogens is 592 g/mol. The zero-order chi connectivity index (χ0) is 31.8. The first-order valence-electron chi connectivity index (χ1n) is 14.8. The maximum atomic E-state index is 13.9. The van der Waals surface area contributed by atoms with Crippen molar-refractivity contribution >= 4 is 49.8 Å². The molecule has 1 saturated heterocycles. The first-order valence-corrected chi connectivity index (χ1v) is 15.6. The number of hydrogen-bond acceptors (Lipinski definition) is 9. The third-order valence-electron chi connectivity index (χ3n) is 7.69. The van der Waals surface area contributed by atoms with Crippen LogP contribution in [0.2, 0.25) is 0 Å². The van der Waals surface area contributed by atoms with Crippen molar-refractivity contribution in [3.63, 3.8) is 0 Å². The Bertz CT molecular complexity index is 1960. The summed E-state index contributed by atoms with van der Waals surface area (Å²) in [6.07, 6.45) is 2.62. The summed E-state index contributed by atoms with van der Waals surface area (Å²) in [5, 5.41) is 12.2. The molecular formula is C34H34N4O6S. The number of fused-ring (bicyclic) bond motifs is 2. The van der Waals surface area contributed by atoms with Gasteiger partial charge in [0.05, 0.1) is 47.8 Å². The van der Waals surface area contributed by atoms with Crippen LogP contribution in [0.3, 0.4) is 0 Å². The minimum absolute atomic E-state index is 0.0708. The minimum Gasteiger partial charge on any atom is -0.505 e. The number of hydrogen-bond donors (Lipinski definition) is 1. The second kappa shape index (κ2) is 12.2. The Balaban J connectivity index is 1.53. The quantitative estimate of drug-likeness (QED) is 0.103. The third kappa shape index (κ3) is 5.48. The van der Waals surface area contributed by atoms with Gasteiger partial charge < -0.3 is 19.3 Å². The second-order valence-corrected chi connectivity index (χ2v) is 12.2. The van der Waals surface area contributed by atoms with E-state index >= 15 is 0 Å². The van der Waals surface area contributed by atoms with Crippen LogP contribution in [0.1, 0.15) is 50.2 Å². The number of nitrogens with zero attached hydrogens (tertiary/aromatic N) is 4. The van der Waals surface area contributed by atoms with Crippen molar-refractivity contribution in [2.24, 2.45) is 5.92 Å². The molecule has 0 aliphatic carbocycles. The van der Waals surface area contributed by atoms with Crippen molar-refractivity contribution in [3.8, 4) is 17.2 Å². The van der Waals surface area contributed by atoms with Gasteiger partial charge in [-0.2, -0.15) is 0 Å². The second-order valence-electron chi connectivity index (χ2n) is 11.1. The zero-order valence-electron chi connectivity index (χ0n) is 25.7. The van der Waals surface area contributed by atoms with Crippen LogP contribution in [0.15, 0.2) is 66.4 Å². The van der Waals surface area contributed by atoms with Crippen molar-refractivity contribution in [3.05, 3.63) is 83.3 Å². The molecule has 1 aliphatic rings. The number of aliphatic hydroxyl groups excluding tert-OH is 1. The van der Waals surface area contributed by atoms with Crippen LogP contribution in [0.25, 0.3) is 21.6 Å². The molecule has 11 heteroatoms. The number of carbonyl (C=O) groups is 2. The smallest absolute Gasteiger partial charge is 0.301 e. The summed E-state index contributed by atoms with van der Waals surface area (Å²) >= 11 is 1.27. The van der Waals surface area contributed by atoms with E-state index in [0.717, 1.165) is 11.1 Å². The Hall–Kier alpha value is -4.90. The number of Topliss-reactive ketones (excluding diaryl/α,β-unsaturated/α-hetero) is 1. The molecule has 5 aromatic rings. The summed E-state index contributed by atoms with van der Waals surface area (Å²) in [6.45, 7) is 8.92. The van der Waals surface area contributed by atoms with Gasteiger partial charge in [0.2, 0.25) is 0 Å². The van der Waals surface area contributed by atoms with Crippen molar-refractivity contribution in [1.29, 1.82) is 0 Å². The van der Waals surface area contributed by atoms with Crippen LogP contribution in [0.5, 0.6) is 17.2 Å². The number of ether oxygens (including phenoxy) is 3. The standard InChI is InChI=1S/C34H34N4O6S/c1-6-43-22-11-12-23-26(18-22)45-34(36-23)38-30(21-10-13-24(25(17-21)42-5)44-16-14-19(2)3)28(32(40)33(38)41)31(39)29-20(4)35-27-9-7-8-15-37(27)29/h7-13,15,17-19,30,39H,6,14,16H2,1-5H3. The number of anilines is 1. The molecule has 0 radical (unpaired) electrons. The number of carbonyl (C=O) groups excluding carboxylic acids is 2. The van der Waals surface area contributed by atoms with Crippen LogP contribution in [0.4, 0.5) is 5.13 Å². The normalized spacial score (nSPS) is 16.3. The average Bonchev–Trinajstić information content (AvgIpc) is 3.67. The fourth-order valence-corrected chi connectivity index (χ4v) is 6.52. The summed E-state index contributed by atoms with van der Waals surface area (Å²) in [5.74, 6) is 0.184. The Labute approximate surface area is 264 Å². The number of benzene rings is 2. The van der Waals surface area contributed by atoms with Gasteiger partial charge in [-0.25, -0.2) is 9.97 Å². The van der Waals surface area contributed by atoms with Gasteiger partial charge in [-0.15, -0.1) is 0 Å². The van der Waals surface area contributed by atoms with Gasteiger partial charge in [0.1, 0.15) is 17.1 Å². The van der Waals surface area contributed by atoms with Crippen LogP contribution in [0, 0.1) is 12.8 Å². The number of rotatable bonds is 10. The van der Waals surface area contributed by atoms with Crippen molar-refractivity contribution in [2.45, 2.75) is 40.2 Å². The SMILES string of the molecule is CCOc1ccc2nc(N3C(=O)C(=O)C(=C(O)c4c(C)nc5ccccn45)C3c3ccc(OCCC(C)C)c(OC)c3)sc2c1. The van der Waals surface area contributed by atoms with E-state index in [2.05, 4.69) is 18.8 Å². The van der Waals surface area contributed by atoms with E-state index in [1.807, 2.05) is 37.3 Å². The number of ketones is 1. The fourth-order valence-electron chi connectivity index (χ4n) is 5.50. The molecule has 1 N–H and O–H groups in total. The van der Waals surface area contributed by atoms with Crippen LogP contribution >= 0.6 is 11.3 Å². The van der Waals surface area contributed by atoms with Gasteiger partial charge >= 0.3 is 5.91 Å². The van der Waals surface area contributed by atoms with E-state index in [1.54, 1.807) is 41.8 Å². The summed E-state index contributed by atoms with van der Waals surface area (Å²) in [7, 11) is 1.54. The molecule has 0 saturated carbocycles. The van der Waals surface area contributed by atoms with Gasteiger partial charge in [0, 0.05) is 6.20 Å². The van der Waals surface area contributed by atoms with Gasteiger partial charge in [0.15, 0.2) is 22.4 Å². The molecule has 0 spiro atoms. The van der Waals surface area contributed by atoms with Gasteiger partial charge in [0.25, 0.3) is 5.78 Å².